The highest BCUT2D eigenvalue weighted by molar-refractivity contribution is 7.89. The van der Waals surface area contributed by atoms with Crippen LogP contribution in [0.25, 0.3) is 0 Å². The third-order valence-corrected chi connectivity index (χ3v) is 4.89. The third kappa shape index (κ3) is 6.45. The number of nitrogens with two attached hydrogens (primary N) is 1. The van der Waals surface area contributed by atoms with E-state index < -0.39 is 22.1 Å². The van der Waals surface area contributed by atoms with E-state index in [0.29, 0.717) is 18.0 Å². The van der Waals surface area contributed by atoms with Crippen molar-refractivity contribution < 1.29 is 27.8 Å². The molecule has 158 valence electrons. The number of benzene rings is 2. The summed E-state index contributed by atoms with van der Waals surface area (Å²) in [7, 11) is -4.22. The molecule has 0 radical (unpaired) electrons. The number of carbonyl (C=O) groups excluding carboxylic acids is 1. The van der Waals surface area contributed by atoms with Gasteiger partial charge in [0, 0.05) is 6.54 Å². The smallest absolute Gasteiger partial charge is 0.338 e. The predicted octanol–water partition coefficient (Wildman–Crippen LogP) is 2.88. The molecule has 9 heteroatoms. The number of primary sulfonamides is 1. The number of sulfonamides is 1. The number of nitrogens with one attached hydrogen (secondary N) is 1. The highest BCUT2D eigenvalue weighted by atomic mass is 32.2. The molecule has 0 amide bonds. The number of aliphatic hydroxyl groups is 1. The highest BCUT2D eigenvalue weighted by Gasteiger charge is 2.24. The molecule has 0 aliphatic heterocycles. The van der Waals surface area contributed by atoms with Crippen LogP contribution in [0.1, 0.15) is 37.0 Å². The topological polar surface area (TPSA) is 128 Å². The molecule has 8 nitrogen and oxygen atoms in total. The summed E-state index contributed by atoms with van der Waals surface area (Å²) in [6, 6.07) is 11.2. The molecule has 0 saturated heterocycles. The lowest BCUT2D eigenvalue weighted by Crippen LogP contribution is -2.20. The molecule has 2 rings (SSSR count). The molecule has 0 heterocycles. The first kappa shape index (κ1) is 22.7. The first-order chi connectivity index (χ1) is 13.8. The average Bonchev–Trinajstić information content (AvgIpc) is 2.68. The van der Waals surface area contributed by atoms with Crippen molar-refractivity contribution >= 4 is 21.7 Å². The van der Waals surface area contributed by atoms with Crippen molar-refractivity contribution in [3.8, 4) is 11.5 Å². The molecule has 29 heavy (non-hydrogen) atoms. The maximum atomic E-state index is 12.4. The second-order valence-corrected chi connectivity index (χ2v) is 8.02. The minimum Gasteiger partial charge on any atom is -0.457 e. The second kappa shape index (κ2) is 10.2. The molecular formula is C20H26N2O6S. The number of ether oxygens (including phenoxy) is 2. The number of rotatable bonds is 10. The number of para-hydroxylation sites is 1. The Morgan fingerprint density at radius 1 is 1.24 bits per heavy atom. The summed E-state index contributed by atoms with van der Waals surface area (Å²) >= 11 is 0. The number of hydrogen-bond donors (Lipinski definition) is 3. The summed E-state index contributed by atoms with van der Waals surface area (Å²) in [6.07, 6.45) is 1.00. The van der Waals surface area contributed by atoms with Gasteiger partial charge in [0.1, 0.15) is 16.7 Å². The maximum absolute atomic E-state index is 12.4. The van der Waals surface area contributed by atoms with E-state index in [9.17, 15) is 13.2 Å². The van der Waals surface area contributed by atoms with Crippen molar-refractivity contribution in [1.29, 1.82) is 0 Å². The van der Waals surface area contributed by atoms with Crippen LogP contribution in [-0.4, -0.2) is 38.7 Å². The molecule has 0 fully saturated rings. The molecule has 0 bridgehead atoms. The van der Waals surface area contributed by atoms with Crippen LogP contribution in [-0.2, 0) is 14.8 Å². The van der Waals surface area contributed by atoms with Gasteiger partial charge >= 0.3 is 5.97 Å². The molecule has 1 unspecified atom stereocenters. The standard InChI is InChI=1S/C20H26N2O6S/c1-3-4-10-22-17-11-15(20(24)27-14(2)13-23)12-18(29(21,25)26)19(17)28-16-8-6-5-7-9-16/h5-9,11-12,14,22-23H,3-4,10,13H2,1-2H3,(H2,21,25,26). The van der Waals surface area contributed by atoms with Gasteiger partial charge in [-0.15, -0.1) is 0 Å². The Morgan fingerprint density at radius 3 is 2.52 bits per heavy atom. The molecule has 4 N–H and O–H groups in total. The van der Waals surface area contributed by atoms with E-state index >= 15 is 0 Å². The van der Waals surface area contributed by atoms with E-state index in [1.807, 2.05) is 6.92 Å². The fourth-order valence-corrected chi connectivity index (χ4v) is 3.16. The Hall–Kier alpha value is -2.62. The summed E-state index contributed by atoms with van der Waals surface area (Å²) in [6.45, 7) is 3.72. The maximum Gasteiger partial charge on any atom is 0.338 e. The van der Waals surface area contributed by atoms with Crippen LogP contribution in [0.4, 0.5) is 5.69 Å². The zero-order valence-electron chi connectivity index (χ0n) is 16.4. The number of unbranched alkanes of at least 4 members (excludes halogenated alkanes) is 1. The summed E-state index contributed by atoms with van der Waals surface area (Å²) in [4.78, 5) is 12.1. The SMILES string of the molecule is CCCCNc1cc(C(=O)OC(C)CO)cc(S(N)(=O)=O)c1Oc1ccccc1. The lowest BCUT2D eigenvalue weighted by atomic mass is 10.1. The van der Waals surface area contributed by atoms with Crippen molar-refractivity contribution in [1.82, 2.24) is 0 Å². The van der Waals surface area contributed by atoms with Gasteiger partial charge in [0.15, 0.2) is 5.75 Å². The Bertz CT molecular complexity index is 931. The van der Waals surface area contributed by atoms with Crippen LogP contribution in [0.3, 0.4) is 0 Å². The number of carbonyl (C=O) groups is 1. The molecule has 0 aromatic heterocycles. The molecule has 1 atom stereocenters. The fraction of sp³-hybridized carbons (Fsp3) is 0.350. The Labute approximate surface area is 170 Å². The van der Waals surface area contributed by atoms with E-state index in [-0.39, 0.29) is 22.8 Å². The van der Waals surface area contributed by atoms with E-state index in [0.717, 1.165) is 18.9 Å². The summed E-state index contributed by atoms with van der Waals surface area (Å²) in [5.74, 6) is -0.358. The molecule has 0 aliphatic carbocycles. The van der Waals surface area contributed by atoms with Gasteiger partial charge in [0.25, 0.3) is 0 Å². The average molecular weight is 423 g/mol. The minimum atomic E-state index is -4.22. The van der Waals surface area contributed by atoms with Gasteiger partial charge in [-0.1, -0.05) is 31.5 Å². The molecule has 2 aromatic carbocycles. The fourth-order valence-electron chi connectivity index (χ4n) is 2.46. The third-order valence-electron chi connectivity index (χ3n) is 3.97. The van der Waals surface area contributed by atoms with E-state index in [4.69, 9.17) is 19.7 Å². The lowest BCUT2D eigenvalue weighted by molar-refractivity contribution is 0.0196. The van der Waals surface area contributed by atoms with E-state index in [2.05, 4.69) is 5.32 Å². The van der Waals surface area contributed by atoms with Gasteiger partial charge in [0.05, 0.1) is 17.9 Å². The molecule has 0 aliphatic rings. The van der Waals surface area contributed by atoms with Gasteiger partial charge in [-0.2, -0.15) is 0 Å². The van der Waals surface area contributed by atoms with Crippen LogP contribution in [0.5, 0.6) is 11.5 Å². The number of hydrogen-bond acceptors (Lipinski definition) is 7. The van der Waals surface area contributed by atoms with Crippen LogP contribution in [0, 0.1) is 0 Å². The second-order valence-electron chi connectivity index (χ2n) is 6.49. The monoisotopic (exact) mass is 422 g/mol. The molecule has 2 aromatic rings. The summed E-state index contributed by atoms with van der Waals surface area (Å²) < 4.78 is 35.4. The Morgan fingerprint density at radius 2 is 1.93 bits per heavy atom. The van der Waals surface area contributed by atoms with Crippen molar-refractivity contribution in [2.75, 3.05) is 18.5 Å². The van der Waals surface area contributed by atoms with Gasteiger partial charge in [-0.3, -0.25) is 0 Å². The quantitative estimate of drug-likeness (QED) is 0.397. The summed E-state index contributed by atoms with van der Waals surface area (Å²) in [5.41, 5.74) is 0.283. The van der Waals surface area contributed by atoms with Crippen LogP contribution in [0.2, 0.25) is 0 Å². The van der Waals surface area contributed by atoms with Crippen molar-refractivity contribution in [2.24, 2.45) is 5.14 Å². The van der Waals surface area contributed by atoms with Gasteiger partial charge in [-0.05, 0) is 37.6 Å². The number of aliphatic hydroxyl groups excluding tert-OH is 1. The van der Waals surface area contributed by atoms with Gasteiger partial charge < -0.3 is 19.9 Å². The van der Waals surface area contributed by atoms with Crippen LogP contribution in [0.15, 0.2) is 47.4 Å². The van der Waals surface area contributed by atoms with Crippen LogP contribution >= 0.6 is 0 Å². The number of esters is 1. The van der Waals surface area contributed by atoms with Crippen molar-refractivity contribution in [3.05, 3.63) is 48.0 Å². The van der Waals surface area contributed by atoms with Crippen molar-refractivity contribution in [2.45, 2.75) is 37.7 Å². The highest BCUT2D eigenvalue weighted by Crippen LogP contribution is 2.37. The van der Waals surface area contributed by atoms with Crippen molar-refractivity contribution in [3.63, 3.8) is 0 Å². The number of anilines is 1. The Kier molecular flexibility index (Phi) is 8.00. The predicted molar refractivity (Wildman–Crippen MR) is 110 cm³/mol. The van der Waals surface area contributed by atoms with Gasteiger partial charge in [-0.25, -0.2) is 18.4 Å². The normalized spacial score (nSPS) is 12.3. The van der Waals surface area contributed by atoms with E-state index in [1.54, 1.807) is 30.3 Å². The van der Waals surface area contributed by atoms with E-state index in [1.165, 1.54) is 13.0 Å². The lowest BCUT2D eigenvalue weighted by Gasteiger charge is -2.18. The zero-order chi connectivity index (χ0) is 21.4. The van der Waals surface area contributed by atoms with Gasteiger partial charge in [0.2, 0.25) is 10.0 Å². The van der Waals surface area contributed by atoms with Crippen LogP contribution < -0.4 is 15.2 Å². The molecule has 0 saturated carbocycles. The Balaban J connectivity index is 2.56. The zero-order valence-corrected chi connectivity index (χ0v) is 17.2. The minimum absolute atomic E-state index is 0.00144. The largest absolute Gasteiger partial charge is 0.457 e. The summed E-state index contributed by atoms with van der Waals surface area (Å²) in [5, 5.41) is 17.6. The molecular weight excluding hydrogens is 396 g/mol. The first-order valence-corrected chi connectivity index (χ1v) is 10.8. The first-order valence-electron chi connectivity index (χ1n) is 9.25. The molecule has 0 spiro atoms.